The predicted molar refractivity (Wildman–Crippen MR) is 148 cm³/mol. The zero-order chi connectivity index (χ0) is 31.2. The molecule has 2 aliphatic heterocycles. The summed E-state index contributed by atoms with van der Waals surface area (Å²) < 4.78 is 3.03. The molecule has 3 aromatic rings. The number of rotatable bonds is 11. The Balaban J connectivity index is 1.39. The maximum absolute atomic E-state index is 13.2. The van der Waals surface area contributed by atoms with Gasteiger partial charge in [-0.2, -0.15) is 4.40 Å². The van der Waals surface area contributed by atoms with Gasteiger partial charge >= 0.3 is 5.97 Å². The Morgan fingerprint density at radius 3 is 2.67 bits per heavy atom. The second kappa shape index (κ2) is 11.6. The van der Waals surface area contributed by atoms with E-state index in [1.54, 1.807) is 16.1 Å². The first kappa shape index (κ1) is 29.9. The molecular weight excluding hydrogens is 629 g/mol. The van der Waals surface area contributed by atoms with Crippen LogP contribution in [-0.2, 0) is 37.2 Å². The Bertz CT molecular complexity index is 1740. The van der Waals surface area contributed by atoms with E-state index in [-0.39, 0.29) is 40.3 Å². The number of thiazole rings is 2. The number of aromatic nitrogens is 3. The van der Waals surface area contributed by atoms with Crippen molar-refractivity contribution in [2.45, 2.75) is 37.6 Å². The van der Waals surface area contributed by atoms with Gasteiger partial charge in [0.05, 0.1) is 11.7 Å². The molecule has 5 heterocycles. The summed E-state index contributed by atoms with van der Waals surface area (Å²) in [6.45, 7) is 0.659. The topological polar surface area (TPSA) is 259 Å². The molecule has 17 nitrogen and oxygen atoms in total. The molecule has 0 aromatic carbocycles. The van der Waals surface area contributed by atoms with Crippen molar-refractivity contribution in [2.24, 2.45) is 10.9 Å². The van der Waals surface area contributed by atoms with E-state index in [1.807, 2.05) is 0 Å². The van der Waals surface area contributed by atoms with Crippen LogP contribution in [0.4, 0.5) is 5.13 Å². The number of anilines is 1. The fourth-order valence-corrected chi connectivity index (χ4v) is 7.32. The van der Waals surface area contributed by atoms with Gasteiger partial charge in [-0.15, -0.1) is 23.1 Å². The molecule has 3 amide bonds. The number of aliphatic hydroxyl groups is 1. The Hall–Kier alpha value is -4.53. The summed E-state index contributed by atoms with van der Waals surface area (Å²) in [5.74, 6) is -4.91. The molecule has 1 saturated heterocycles. The molecule has 3 atom stereocenters. The van der Waals surface area contributed by atoms with E-state index in [1.165, 1.54) is 39.8 Å². The highest BCUT2D eigenvalue weighted by Crippen LogP contribution is 2.40. The summed E-state index contributed by atoms with van der Waals surface area (Å²) in [5, 5.41) is 39.7. The number of aliphatic carboxylic acids is 2. The maximum atomic E-state index is 13.2. The summed E-state index contributed by atoms with van der Waals surface area (Å²) in [7, 11) is 0. The van der Waals surface area contributed by atoms with Gasteiger partial charge in [-0.1, -0.05) is 16.5 Å². The lowest BCUT2D eigenvalue weighted by Gasteiger charge is -2.50. The normalized spacial score (nSPS) is 19.2. The monoisotopic (exact) mass is 650 g/mol. The van der Waals surface area contributed by atoms with E-state index in [2.05, 4.69) is 15.5 Å². The first-order valence-corrected chi connectivity index (χ1v) is 15.0. The number of primary amides is 1. The fraction of sp³-hybridized carbons (Fsp3) is 0.304. The number of amides is 3. The molecule has 7 N–H and O–H groups in total. The summed E-state index contributed by atoms with van der Waals surface area (Å²) in [6, 6.07) is -1.16. The molecular formula is C23H22N8O9S3. The Morgan fingerprint density at radius 2 is 2.07 bits per heavy atom. The van der Waals surface area contributed by atoms with Crippen molar-refractivity contribution in [2.75, 3.05) is 11.5 Å². The van der Waals surface area contributed by atoms with Crippen LogP contribution in [0.3, 0.4) is 0 Å². The van der Waals surface area contributed by atoms with Gasteiger partial charge < -0.3 is 41.7 Å². The Labute approximate surface area is 253 Å². The molecule has 3 aromatic heterocycles. The molecule has 0 aliphatic carbocycles. The van der Waals surface area contributed by atoms with E-state index >= 15 is 0 Å². The number of aliphatic hydroxyl groups excluding tert-OH is 1. The zero-order valence-corrected chi connectivity index (χ0v) is 24.4. The van der Waals surface area contributed by atoms with Crippen LogP contribution in [0.25, 0.3) is 4.83 Å². The van der Waals surface area contributed by atoms with Gasteiger partial charge in [0.2, 0.25) is 16.6 Å². The first-order chi connectivity index (χ1) is 20.4. The minimum Gasteiger partial charge on any atom is -0.543 e. The van der Waals surface area contributed by atoms with Crippen LogP contribution >= 0.6 is 34.4 Å². The van der Waals surface area contributed by atoms with E-state index < -0.39 is 59.5 Å². The minimum atomic E-state index is -1.61. The Morgan fingerprint density at radius 1 is 1.33 bits per heavy atom. The van der Waals surface area contributed by atoms with Gasteiger partial charge in [0, 0.05) is 22.1 Å². The number of fused-ring (bicyclic) bond motifs is 2. The summed E-state index contributed by atoms with van der Waals surface area (Å²) in [4.78, 5) is 72.0. The number of hydrogen-bond acceptors (Lipinski definition) is 14. The summed E-state index contributed by atoms with van der Waals surface area (Å²) in [5.41, 5.74) is 10.7. The number of carbonyl (C=O) groups excluding carboxylic acids is 4. The van der Waals surface area contributed by atoms with Crippen LogP contribution in [-0.4, -0.2) is 83.1 Å². The van der Waals surface area contributed by atoms with Gasteiger partial charge in [-0.25, -0.2) is 14.3 Å². The lowest BCUT2D eigenvalue weighted by Crippen LogP contribution is -2.71. The number of carboxylic acids is 2. The number of hydrogen-bond donors (Lipinski definition) is 5. The third-order valence-electron chi connectivity index (χ3n) is 6.52. The SMILES string of the molecule is C[C@H](O/N=C(\C(=O)N[C@@H]1C(=O)N2C(C(=O)[O-])=C(C[n+]3cc4scc(C(N)=O)n4c3CO)CS[C@H]12)c1csc(N)n1)C(=O)O. The standard InChI is InChI=1S/C23H22N8O9S3/c1-8(21(36)37)40-28-14(10-6-43-23(25)26-10)18(34)27-15-19(35)31-16(22(38)39)9(5-42-20(15)31)2-29-3-13-30(12(29)4-32)11(7-41-13)17(24)33/h3,6-8,15,20,32H,2,4-5H2,1H3,(H6-,24,25,26,27,33,34,36,37,38,39)/b28-14-/t8-,15+,20+/m0/s1. The van der Waals surface area contributed by atoms with Crippen LogP contribution in [0.1, 0.15) is 28.9 Å². The first-order valence-electron chi connectivity index (χ1n) is 12.2. The third kappa shape index (κ3) is 5.40. The highest BCUT2D eigenvalue weighted by atomic mass is 32.2. The van der Waals surface area contributed by atoms with Crippen LogP contribution in [0.5, 0.6) is 0 Å². The quantitative estimate of drug-likeness (QED) is 0.0611. The predicted octanol–water partition coefficient (Wildman–Crippen LogP) is -2.78. The highest BCUT2D eigenvalue weighted by molar-refractivity contribution is 8.00. The molecule has 0 unspecified atom stereocenters. The smallest absolute Gasteiger partial charge is 0.347 e. The number of oxime groups is 1. The number of nitrogens with two attached hydrogens (primary N) is 2. The van der Waals surface area contributed by atoms with Gasteiger partial charge in [-0.05, 0) is 6.92 Å². The molecule has 0 bridgehead atoms. The maximum Gasteiger partial charge on any atom is 0.347 e. The zero-order valence-electron chi connectivity index (χ0n) is 22.0. The van der Waals surface area contributed by atoms with Crippen LogP contribution < -0.4 is 26.5 Å². The number of carboxylic acid groups (broad SMARTS) is 2. The minimum absolute atomic E-state index is 0.0150. The van der Waals surface area contributed by atoms with E-state index in [0.717, 1.165) is 16.2 Å². The van der Waals surface area contributed by atoms with Gasteiger partial charge in [0.25, 0.3) is 23.5 Å². The van der Waals surface area contributed by atoms with E-state index in [9.17, 15) is 34.2 Å². The van der Waals surface area contributed by atoms with Gasteiger partial charge in [0.15, 0.2) is 10.8 Å². The highest BCUT2D eigenvalue weighted by Gasteiger charge is 2.53. The summed E-state index contributed by atoms with van der Waals surface area (Å²) >= 11 is 3.38. The third-order valence-corrected chi connectivity index (χ3v) is 9.40. The lowest BCUT2D eigenvalue weighted by atomic mass is 10.0. The second-order valence-electron chi connectivity index (χ2n) is 9.19. The van der Waals surface area contributed by atoms with Crippen molar-refractivity contribution in [1.82, 2.24) is 19.6 Å². The Kier molecular flexibility index (Phi) is 8.10. The summed E-state index contributed by atoms with van der Waals surface area (Å²) in [6.07, 6.45) is 0.227. The molecule has 20 heteroatoms. The number of thioether (sulfide) groups is 1. The molecule has 5 rings (SSSR count). The number of β-lactam (4-membered cyclic amide) rings is 1. The molecule has 2 aliphatic rings. The number of nitrogen functional groups attached to an aromatic ring is 1. The van der Waals surface area contributed by atoms with Gasteiger partial charge in [0.1, 0.15) is 36.5 Å². The van der Waals surface area contributed by atoms with Crippen molar-refractivity contribution in [3.63, 3.8) is 0 Å². The van der Waals surface area contributed by atoms with Crippen molar-refractivity contribution in [1.29, 1.82) is 0 Å². The lowest BCUT2D eigenvalue weighted by molar-refractivity contribution is -0.696. The van der Waals surface area contributed by atoms with Crippen molar-refractivity contribution < 1.29 is 48.7 Å². The van der Waals surface area contributed by atoms with Gasteiger partial charge in [-0.3, -0.25) is 19.3 Å². The number of nitrogens with zero attached hydrogens (tertiary/aromatic N) is 5. The van der Waals surface area contributed by atoms with Crippen LogP contribution in [0, 0.1) is 0 Å². The average Bonchev–Trinajstić information content (AvgIpc) is 3.66. The molecule has 43 heavy (non-hydrogen) atoms. The van der Waals surface area contributed by atoms with Crippen molar-refractivity contribution >= 4 is 79.8 Å². The van der Waals surface area contributed by atoms with E-state index in [4.69, 9.17) is 21.4 Å². The largest absolute Gasteiger partial charge is 0.543 e. The fourth-order valence-electron chi connectivity index (χ4n) is 4.48. The van der Waals surface area contributed by atoms with E-state index in [0.29, 0.717) is 10.4 Å². The van der Waals surface area contributed by atoms with Crippen molar-refractivity contribution in [3.8, 4) is 0 Å². The molecule has 226 valence electrons. The number of nitrogens with one attached hydrogen (secondary N) is 1. The second-order valence-corrected chi connectivity index (χ2v) is 12.1. The average molecular weight is 651 g/mol. The molecule has 0 spiro atoms. The number of imidazole rings is 1. The van der Waals surface area contributed by atoms with Crippen molar-refractivity contribution in [3.05, 3.63) is 45.4 Å². The number of carbonyl (C=O) groups is 5. The molecule has 0 radical (unpaired) electrons. The molecule has 0 saturated carbocycles. The van der Waals surface area contributed by atoms with Crippen LogP contribution in [0.15, 0.2) is 33.4 Å². The molecule has 1 fully saturated rings. The van der Waals surface area contributed by atoms with Crippen LogP contribution in [0.2, 0.25) is 0 Å².